The molecule has 0 bridgehead atoms. The zero-order valence-electron chi connectivity index (χ0n) is 13.0. The average molecular weight is 298 g/mol. The monoisotopic (exact) mass is 298 g/mol. The number of benzene rings is 1. The lowest BCUT2D eigenvalue weighted by atomic mass is 9.89. The van der Waals surface area contributed by atoms with Crippen LogP contribution in [0, 0.1) is 5.41 Å². The average Bonchev–Trinajstić information content (AvgIpc) is 2.35. The zero-order chi connectivity index (χ0) is 15.4. The number of sulfonamides is 1. The van der Waals surface area contributed by atoms with Crippen molar-refractivity contribution in [2.45, 2.75) is 52.1 Å². The fourth-order valence-corrected chi connectivity index (χ4v) is 2.98. The van der Waals surface area contributed by atoms with E-state index in [1.54, 1.807) is 12.1 Å². The fraction of sp³-hybridized carbons (Fsp3) is 0.600. The van der Waals surface area contributed by atoms with Gasteiger partial charge in [-0.15, -0.1) is 0 Å². The first-order valence-electron chi connectivity index (χ1n) is 6.99. The highest BCUT2D eigenvalue weighted by molar-refractivity contribution is 7.89. The molecular weight excluding hydrogens is 272 g/mol. The summed E-state index contributed by atoms with van der Waals surface area (Å²) < 4.78 is 27.3. The normalized spacial score (nSPS) is 14.2. The summed E-state index contributed by atoms with van der Waals surface area (Å²) in [7, 11) is -3.45. The van der Waals surface area contributed by atoms with Gasteiger partial charge in [-0.25, -0.2) is 13.1 Å². The summed E-state index contributed by atoms with van der Waals surface area (Å²) in [5.41, 5.74) is 0.965. The smallest absolute Gasteiger partial charge is 0.240 e. The summed E-state index contributed by atoms with van der Waals surface area (Å²) in [5.74, 6) is 0. The summed E-state index contributed by atoms with van der Waals surface area (Å²) in [5, 5.41) is 3.21. The van der Waals surface area contributed by atoms with Crippen molar-refractivity contribution in [1.82, 2.24) is 10.0 Å². The maximum atomic E-state index is 12.3. The molecule has 20 heavy (non-hydrogen) atoms. The first-order valence-corrected chi connectivity index (χ1v) is 8.47. The fourth-order valence-electron chi connectivity index (χ4n) is 1.53. The van der Waals surface area contributed by atoms with Gasteiger partial charge in [0.05, 0.1) is 4.90 Å². The van der Waals surface area contributed by atoms with Gasteiger partial charge in [-0.3, -0.25) is 0 Å². The SMILES string of the molecule is CCNCc1ccc(S(=O)(=O)NC(C)C(C)(C)C)cc1. The minimum atomic E-state index is -3.45. The quantitative estimate of drug-likeness (QED) is 0.848. The van der Waals surface area contributed by atoms with Crippen molar-refractivity contribution in [3.8, 4) is 0 Å². The molecule has 1 unspecified atom stereocenters. The van der Waals surface area contributed by atoms with E-state index in [-0.39, 0.29) is 11.5 Å². The van der Waals surface area contributed by atoms with Crippen molar-refractivity contribution in [1.29, 1.82) is 0 Å². The third-order valence-corrected chi connectivity index (χ3v) is 5.00. The van der Waals surface area contributed by atoms with E-state index in [1.807, 2.05) is 46.8 Å². The van der Waals surface area contributed by atoms with Crippen LogP contribution in [-0.2, 0) is 16.6 Å². The molecule has 0 spiro atoms. The van der Waals surface area contributed by atoms with Gasteiger partial charge < -0.3 is 5.32 Å². The molecule has 0 fully saturated rings. The molecule has 0 aromatic heterocycles. The van der Waals surface area contributed by atoms with Crippen molar-refractivity contribution in [2.24, 2.45) is 5.41 Å². The number of hydrogen-bond acceptors (Lipinski definition) is 3. The Hall–Kier alpha value is -0.910. The van der Waals surface area contributed by atoms with Crippen LogP contribution in [-0.4, -0.2) is 21.0 Å². The Morgan fingerprint density at radius 3 is 2.15 bits per heavy atom. The van der Waals surface area contributed by atoms with Gasteiger partial charge in [0.2, 0.25) is 10.0 Å². The highest BCUT2D eigenvalue weighted by atomic mass is 32.2. The molecular formula is C15H26N2O2S. The van der Waals surface area contributed by atoms with E-state index in [0.29, 0.717) is 4.90 Å². The second kappa shape index (κ2) is 6.70. The van der Waals surface area contributed by atoms with Crippen molar-refractivity contribution in [3.63, 3.8) is 0 Å². The van der Waals surface area contributed by atoms with Crippen LogP contribution >= 0.6 is 0 Å². The molecule has 1 aromatic carbocycles. The second-order valence-electron chi connectivity index (χ2n) is 6.13. The molecule has 0 aliphatic rings. The summed E-state index contributed by atoms with van der Waals surface area (Å²) >= 11 is 0. The topological polar surface area (TPSA) is 58.2 Å². The molecule has 0 heterocycles. The summed E-state index contributed by atoms with van der Waals surface area (Å²) in [4.78, 5) is 0.314. The van der Waals surface area contributed by atoms with Gasteiger partial charge >= 0.3 is 0 Å². The number of nitrogens with one attached hydrogen (secondary N) is 2. The molecule has 1 atom stereocenters. The van der Waals surface area contributed by atoms with Gasteiger partial charge in [0.15, 0.2) is 0 Å². The summed E-state index contributed by atoms with van der Waals surface area (Å²) in [6, 6.07) is 6.88. The largest absolute Gasteiger partial charge is 0.313 e. The Kier molecular flexibility index (Phi) is 5.74. The summed E-state index contributed by atoms with van der Waals surface area (Å²) in [6.07, 6.45) is 0. The van der Waals surface area contributed by atoms with Crippen LogP contribution in [0.3, 0.4) is 0 Å². The van der Waals surface area contributed by atoms with Crippen molar-refractivity contribution in [2.75, 3.05) is 6.54 Å². The molecule has 1 rings (SSSR count). The van der Waals surface area contributed by atoms with E-state index >= 15 is 0 Å². The third kappa shape index (κ3) is 4.89. The van der Waals surface area contributed by atoms with Crippen molar-refractivity contribution >= 4 is 10.0 Å². The lowest BCUT2D eigenvalue weighted by molar-refractivity contribution is 0.317. The zero-order valence-corrected chi connectivity index (χ0v) is 13.8. The molecule has 5 heteroatoms. The van der Waals surface area contributed by atoms with Gasteiger partial charge in [-0.05, 0) is 36.6 Å². The predicted octanol–water partition coefficient (Wildman–Crippen LogP) is 2.51. The standard InChI is InChI=1S/C15H26N2O2S/c1-6-16-11-13-7-9-14(10-8-13)20(18,19)17-12(2)15(3,4)5/h7-10,12,16-17H,6,11H2,1-5H3. The molecule has 0 aliphatic heterocycles. The minimum absolute atomic E-state index is 0.113. The van der Waals surface area contributed by atoms with Crippen molar-refractivity contribution < 1.29 is 8.42 Å². The maximum Gasteiger partial charge on any atom is 0.240 e. The van der Waals surface area contributed by atoms with Crippen LogP contribution in [0.2, 0.25) is 0 Å². The molecule has 1 aromatic rings. The predicted molar refractivity (Wildman–Crippen MR) is 83.1 cm³/mol. The van der Waals surface area contributed by atoms with Gasteiger partial charge in [-0.2, -0.15) is 0 Å². The second-order valence-corrected chi connectivity index (χ2v) is 7.85. The lowest BCUT2D eigenvalue weighted by Crippen LogP contribution is -2.41. The Morgan fingerprint density at radius 2 is 1.70 bits per heavy atom. The van der Waals surface area contributed by atoms with E-state index in [0.717, 1.165) is 18.7 Å². The Bertz CT molecular complexity index is 516. The lowest BCUT2D eigenvalue weighted by Gasteiger charge is -2.27. The highest BCUT2D eigenvalue weighted by Gasteiger charge is 2.25. The van der Waals surface area contributed by atoms with E-state index in [1.165, 1.54) is 0 Å². The molecule has 2 N–H and O–H groups in total. The molecule has 114 valence electrons. The van der Waals surface area contributed by atoms with Gasteiger partial charge in [0, 0.05) is 12.6 Å². The Morgan fingerprint density at radius 1 is 1.15 bits per heavy atom. The molecule has 0 aliphatic carbocycles. The van der Waals surface area contributed by atoms with E-state index < -0.39 is 10.0 Å². The Balaban J connectivity index is 2.83. The number of hydrogen-bond donors (Lipinski definition) is 2. The molecule has 0 saturated heterocycles. The highest BCUT2D eigenvalue weighted by Crippen LogP contribution is 2.21. The molecule has 0 amide bonds. The molecule has 4 nitrogen and oxygen atoms in total. The third-order valence-electron chi connectivity index (χ3n) is 3.44. The minimum Gasteiger partial charge on any atom is -0.313 e. The van der Waals surface area contributed by atoms with Crippen LogP contribution in [0.15, 0.2) is 29.2 Å². The van der Waals surface area contributed by atoms with Crippen LogP contribution in [0.5, 0.6) is 0 Å². The first kappa shape index (κ1) is 17.1. The van der Waals surface area contributed by atoms with Crippen LogP contribution in [0.25, 0.3) is 0 Å². The first-order chi connectivity index (χ1) is 9.16. The van der Waals surface area contributed by atoms with Gasteiger partial charge in [0.1, 0.15) is 0 Å². The van der Waals surface area contributed by atoms with E-state index in [2.05, 4.69) is 10.0 Å². The van der Waals surface area contributed by atoms with Gasteiger partial charge in [-0.1, -0.05) is 39.8 Å². The Labute approximate surface area is 123 Å². The van der Waals surface area contributed by atoms with Crippen LogP contribution < -0.4 is 10.0 Å². The van der Waals surface area contributed by atoms with E-state index in [9.17, 15) is 8.42 Å². The maximum absolute atomic E-state index is 12.3. The molecule has 0 radical (unpaired) electrons. The number of rotatable bonds is 6. The van der Waals surface area contributed by atoms with Crippen LogP contribution in [0.1, 0.15) is 40.2 Å². The summed E-state index contributed by atoms with van der Waals surface area (Å²) in [6.45, 7) is 11.6. The van der Waals surface area contributed by atoms with Gasteiger partial charge in [0.25, 0.3) is 0 Å². The van der Waals surface area contributed by atoms with E-state index in [4.69, 9.17) is 0 Å². The van der Waals surface area contributed by atoms with Crippen molar-refractivity contribution in [3.05, 3.63) is 29.8 Å². The molecule has 0 saturated carbocycles. The van der Waals surface area contributed by atoms with Crippen LogP contribution in [0.4, 0.5) is 0 Å².